The van der Waals surface area contributed by atoms with Crippen molar-refractivity contribution < 1.29 is 9.21 Å². The Balaban J connectivity index is 2.09. The molecule has 4 nitrogen and oxygen atoms in total. The third kappa shape index (κ3) is 2.87. The molecule has 0 saturated heterocycles. The van der Waals surface area contributed by atoms with Gasteiger partial charge in [-0.1, -0.05) is 23.7 Å². The molecule has 1 aromatic carbocycles. The molecule has 3 N–H and O–H groups in total. The van der Waals surface area contributed by atoms with E-state index in [0.29, 0.717) is 22.1 Å². The lowest BCUT2D eigenvalue weighted by Gasteiger charge is -2.03. The quantitative estimate of drug-likeness (QED) is 0.392. The van der Waals surface area contributed by atoms with Gasteiger partial charge in [0.1, 0.15) is 5.76 Å². The molecule has 0 atom stereocenters. The van der Waals surface area contributed by atoms with Crippen molar-refractivity contribution >= 4 is 29.3 Å². The average molecular weight is 283 g/mol. The number of furan rings is 1. The molecule has 0 saturated carbocycles. The average Bonchev–Trinajstić information content (AvgIpc) is 2.85. The fraction of sp³-hybridized carbons (Fsp3) is 0.0833. The van der Waals surface area contributed by atoms with Crippen LogP contribution < -0.4 is 11.3 Å². The molecule has 0 aliphatic rings. The van der Waals surface area contributed by atoms with E-state index in [4.69, 9.17) is 21.9 Å². The number of amides is 1. The summed E-state index contributed by atoms with van der Waals surface area (Å²) in [5.41, 5.74) is 2.52. The second-order valence-electron chi connectivity index (χ2n) is 3.45. The van der Waals surface area contributed by atoms with Gasteiger partial charge in [0.2, 0.25) is 0 Å². The van der Waals surface area contributed by atoms with Crippen LogP contribution in [-0.4, -0.2) is 5.91 Å². The normalized spacial score (nSPS) is 10.3. The Kier molecular flexibility index (Phi) is 4.30. The van der Waals surface area contributed by atoms with Crippen molar-refractivity contribution in [1.29, 1.82) is 0 Å². The summed E-state index contributed by atoms with van der Waals surface area (Å²) in [6, 6.07) is 9.10. The summed E-state index contributed by atoms with van der Waals surface area (Å²) >= 11 is 7.54. The van der Waals surface area contributed by atoms with Crippen molar-refractivity contribution in [2.45, 2.75) is 10.6 Å². The van der Waals surface area contributed by atoms with Gasteiger partial charge in [0.25, 0.3) is 5.91 Å². The third-order valence-corrected chi connectivity index (χ3v) is 3.83. The van der Waals surface area contributed by atoms with Crippen LogP contribution in [0.25, 0.3) is 0 Å². The van der Waals surface area contributed by atoms with Crippen molar-refractivity contribution in [3.05, 3.63) is 52.9 Å². The van der Waals surface area contributed by atoms with Crippen LogP contribution in [0.3, 0.4) is 0 Å². The lowest BCUT2D eigenvalue weighted by molar-refractivity contribution is 0.0952. The van der Waals surface area contributed by atoms with E-state index < -0.39 is 0 Å². The SMILES string of the molecule is NNC(=O)c1ccoc1CSc1ccccc1Cl. The number of hydrazine groups is 1. The van der Waals surface area contributed by atoms with Crippen LogP contribution in [0.4, 0.5) is 0 Å². The van der Waals surface area contributed by atoms with Gasteiger partial charge in [-0.3, -0.25) is 10.2 Å². The highest BCUT2D eigenvalue weighted by atomic mass is 35.5. The second-order valence-corrected chi connectivity index (χ2v) is 4.87. The van der Waals surface area contributed by atoms with E-state index in [2.05, 4.69) is 5.43 Å². The first kappa shape index (κ1) is 13.0. The van der Waals surface area contributed by atoms with E-state index in [1.165, 1.54) is 18.0 Å². The van der Waals surface area contributed by atoms with Gasteiger partial charge in [-0.2, -0.15) is 0 Å². The number of benzene rings is 1. The topological polar surface area (TPSA) is 68.3 Å². The minimum Gasteiger partial charge on any atom is -0.468 e. The molecule has 2 aromatic rings. The van der Waals surface area contributed by atoms with Crippen LogP contribution >= 0.6 is 23.4 Å². The number of nitrogen functional groups attached to an aromatic ring is 1. The smallest absolute Gasteiger partial charge is 0.268 e. The van der Waals surface area contributed by atoms with Crippen LogP contribution in [-0.2, 0) is 5.75 Å². The number of nitrogens with two attached hydrogens (primary N) is 1. The molecule has 1 heterocycles. The number of rotatable bonds is 4. The molecular formula is C12H11ClN2O2S. The first-order valence-electron chi connectivity index (χ1n) is 5.17. The van der Waals surface area contributed by atoms with Crippen molar-refractivity contribution in [2.75, 3.05) is 0 Å². The molecule has 0 aliphatic carbocycles. The zero-order valence-corrected chi connectivity index (χ0v) is 10.9. The fourth-order valence-corrected chi connectivity index (χ4v) is 2.63. The molecule has 94 valence electrons. The zero-order valence-electron chi connectivity index (χ0n) is 9.35. The van der Waals surface area contributed by atoms with Gasteiger partial charge in [-0.05, 0) is 18.2 Å². The van der Waals surface area contributed by atoms with Gasteiger partial charge in [0, 0.05) is 4.90 Å². The van der Waals surface area contributed by atoms with Gasteiger partial charge < -0.3 is 4.42 Å². The van der Waals surface area contributed by atoms with Crippen LogP contribution in [0.1, 0.15) is 16.1 Å². The molecule has 18 heavy (non-hydrogen) atoms. The van der Waals surface area contributed by atoms with Crippen molar-refractivity contribution in [1.82, 2.24) is 5.43 Å². The second kappa shape index (κ2) is 5.95. The Morgan fingerprint density at radius 3 is 2.89 bits per heavy atom. The van der Waals surface area contributed by atoms with Gasteiger partial charge in [-0.15, -0.1) is 11.8 Å². The minimum atomic E-state index is -0.362. The Labute approximate surface area is 113 Å². The monoisotopic (exact) mass is 282 g/mol. The van der Waals surface area contributed by atoms with E-state index in [9.17, 15) is 4.79 Å². The summed E-state index contributed by atoms with van der Waals surface area (Å²) in [5, 5.41) is 0.680. The molecule has 0 fully saturated rings. The molecule has 0 spiro atoms. The molecule has 1 aromatic heterocycles. The highest BCUT2D eigenvalue weighted by Crippen LogP contribution is 2.30. The zero-order chi connectivity index (χ0) is 13.0. The van der Waals surface area contributed by atoms with Gasteiger partial charge in [0.15, 0.2) is 0 Å². The maximum atomic E-state index is 11.4. The number of halogens is 1. The highest BCUT2D eigenvalue weighted by Gasteiger charge is 2.14. The fourth-order valence-electron chi connectivity index (χ4n) is 1.44. The van der Waals surface area contributed by atoms with Crippen LogP contribution in [0.2, 0.25) is 5.02 Å². The Morgan fingerprint density at radius 1 is 1.39 bits per heavy atom. The number of hydrogen-bond acceptors (Lipinski definition) is 4. The first-order valence-corrected chi connectivity index (χ1v) is 6.53. The molecule has 0 bridgehead atoms. The Bertz CT molecular complexity index is 557. The summed E-state index contributed by atoms with van der Waals surface area (Å²) < 4.78 is 5.27. The third-order valence-electron chi connectivity index (χ3n) is 2.32. The number of carbonyl (C=O) groups is 1. The lowest BCUT2D eigenvalue weighted by Crippen LogP contribution is -2.30. The molecule has 0 aliphatic heterocycles. The van der Waals surface area contributed by atoms with Crippen LogP contribution in [0.5, 0.6) is 0 Å². The summed E-state index contributed by atoms with van der Waals surface area (Å²) in [4.78, 5) is 12.4. The predicted molar refractivity (Wildman–Crippen MR) is 71.4 cm³/mol. The number of hydrogen-bond donors (Lipinski definition) is 2. The van der Waals surface area contributed by atoms with E-state index in [1.807, 2.05) is 24.3 Å². The number of thioether (sulfide) groups is 1. The van der Waals surface area contributed by atoms with Gasteiger partial charge in [0.05, 0.1) is 22.6 Å². The maximum absolute atomic E-state index is 11.4. The van der Waals surface area contributed by atoms with Gasteiger partial charge >= 0.3 is 0 Å². The summed E-state index contributed by atoms with van der Waals surface area (Å²) in [6.07, 6.45) is 1.47. The number of nitrogens with one attached hydrogen (secondary N) is 1. The standard InChI is InChI=1S/C12H11ClN2O2S/c13-9-3-1-2-4-11(9)18-7-10-8(5-6-17-10)12(16)15-14/h1-6H,7,14H2,(H,15,16). The predicted octanol–water partition coefficient (Wildman–Crippen LogP) is 2.83. The first-order chi connectivity index (χ1) is 8.72. The number of carbonyl (C=O) groups excluding carboxylic acids is 1. The minimum absolute atomic E-state index is 0.362. The molecule has 6 heteroatoms. The van der Waals surface area contributed by atoms with E-state index >= 15 is 0 Å². The van der Waals surface area contributed by atoms with Crippen LogP contribution in [0.15, 0.2) is 45.9 Å². The molecule has 0 radical (unpaired) electrons. The van der Waals surface area contributed by atoms with E-state index in [1.54, 1.807) is 6.07 Å². The maximum Gasteiger partial charge on any atom is 0.268 e. The van der Waals surface area contributed by atoms with Crippen molar-refractivity contribution in [2.24, 2.45) is 5.84 Å². The Hall–Kier alpha value is -1.43. The van der Waals surface area contributed by atoms with Crippen molar-refractivity contribution in [3.63, 3.8) is 0 Å². The van der Waals surface area contributed by atoms with E-state index in [-0.39, 0.29) is 5.91 Å². The summed E-state index contributed by atoms with van der Waals surface area (Å²) in [6.45, 7) is 0. The van der Waals surface area contributed by atoms with Crippen LogP contribution in [0, 0.1) is 0 Å². The van der Waals surface area contributed by atoms with Crippen molar-refractivity contribution in [3.8, 4) is 0 Å². The lowest BCUT2D eigenvalue weighted by atomic mass is 10.2. The molecule has 2 rings (SSSR count). The molecule has 0 unspecified atom stereocenters. The van der Waals surface area contributed by atoms with Gasteiger partial charge in [-0.25, -0.2) is 5.84 Å². The summed E-state index contributed by atoms with van der Waals surface area (Å²) in [7, 11) is 0. The Morgan fingerprint density at radius 2 is 2.17 bits per heavy atom. The molecular weight excluding hydrogens is 272 g/mol. The molecule has 1 amide bonds. The highest BCUT2D eigenvalue weighted by molar-refractivity contribution is 7.98. The largest absolute Gasteiger partial charge is 0.468 e. The van der Waals surface area contributed by atoms with E-state index in [0.717, 1.165) is 4.90 Å². The summed E-state index contributed by atoms with van der Waals surface area (Å²) in [5.74, 6) is 5.82.